The number of rotatable bonds is 17. The molecule has 4 aromatic carbocycles. The predicted octanol–water partition coefficient (Wildman–Crippen LogP) is -1.37. The number of fused-ring (bicyclic) bond motifs is 2. The predicted molar refractivity (Wildman–Crippen MR) is 308 cm³/mol. The number of hydrogen-bond donors (Lipinski definition) is 15. The molecule has 0 spiro atoms. The molecule has 3 aliphatic heterocycles. The number of unbranched alkanes of at least 4 members (excludes halogenated alkanes) is 2. The summed E-state index contributed by atoms with van der Waals surface area (Å²) >= 11 is 0. The second-order valence-electron chi connectivity index (χ2n) is 22.1. The van der Waals surface area contributed by atoms with Gasteiger partial charge in [-0.3, -0.25) is 38.9 Å². The van der Waals surface area contributed by atoms with E-state index in [0.717, 1.165) is 70.9 Å². The summed E-state index contributed by atoms with van der Waals surface area (Å²) in [7, 11) is 0. The van der Waals surface area contributed by atoms with E-state index in [9.17, 15) is 74.4 Å². The van der Waals surface area contributed by atoms with Crippen LogP contribution in [-0.2, 0) is 28.8 Å². The zero-order chi connectivity index (χ0) is 61.8. The number of nitrogens with one attached hydrogen (secondary N) is 6. The normalized spacial score (nSPS) is 27.0. The Morgan fingerprint density at radius 2 is 1.21 bits per heavy atom. The number of hydrogen-bond acceptors (Lipinski definition) is 18. The molecule has 7 rings (SSSR count). The first kappa shape index (κ1) is 65.0. The highest BCUT2D eigenvalue weighted by molar-refractivity contribution is 6.00. The number of nitrogens with two attached hydrogens (primary N) is 1. The molecule has 4 aromatic rings. The third kappa shape index (κ3) is 16.0. The first-order valence-corrected chi connectivity index (χ1v) is 28.6. The summed E-state index contributed by atoms with van der Waals surface area (Å²) in [6, 6.07) is 15.3. The molecule has 25 heteroatoms. The number of aliphatic hydroxyl groups is 7. The zero-order valence-corrected chi connectivity index (χ0v) is 47.8. The number of phenolic OH excluding ortho intramolecular Hbond substituents is 1. The summed E-state index contributed by atoms with van der Waals surface area (Å²) < 4.78 is 5.86. The van der Waals surface area contributed by atoms with Crippen LogP contribution in [0.15, 0.2) is 97.1 Å². The van der Waals surface area contributed by atoms with Crippen molar-refractivity contribution in [1.29, 1.82) is 0 Å². The molecule has 25 nitrogen and oxygen atoms in total. The molecule has 85 heavy (non-hydrogen) atoms. The summed E-state index contributed by atoms with van der Waals surface area (Å²) in [5.41, 5.74) is 9.30. The maximum Gasteiger partial charge on any atom is 0.251 e. The SMILES string of the molecule is CCCCCOc1ccc(-c2ccc(-c3ccc(C(=O)NC4CC(O)C(NCCN)NC(=O)C5C(O)C(C)CN5C(=O)C(C(C)O)NC(=O)C(C(O)C(O)c5ccc(O)cc5)NC(=O)C5CC(O)CN5C(=O)C(C(C)O)NC4=O)cc3)cc2)cc1. The zero-order valence-electron chi connectivity index (χ0n) is 47.8. The molecule has 15 atom stereocenters. The number of nitrogens with zero attached hydrogens (tertiary/aromatic N) is 2. The lowest BCUT2D eigenvalue weighted by Gasteiger charge is -2.34. The standard InChI is InChI=1S/C60H79N9O16/c1-5-6-7-26-85-42-22-18-37(19-23-42)35-10-8-34(9-11-35)36-12-14-39(15-13-36)54(78)63-43-28-45(74)53(62-25-24-61)67-58(82)49-50(75)31(2)29-69(49)60(84)47(33(4)71)65-57(81)48(52(77)51(76)38-16-20-40(72)21-17-38)66-56(80)44-27-41(73)30-68(44)59(83)46(32(3)70)64-55(43)79/h8-23,31-33,41,43-53,62,70-77H,5-7,24-30,61H2,1-4H3,(H,63,78)(H,64,79)(H,65,81)(H,66,80)(H,67,82). The van der Waals surface area contributed by atoms with Crippen LogP contribution < -0.4 is 42.4 Å². The highest BCUT2D eigenvalue weighted by Gasteiger charge is 2.50. The molecule has 0 saturated carbocycles. The second-order valence-corrected chi connectivity index (χ2v) is 22.1. The van der Waals surface area contributed by atoms with E-state index in [-0.39, 0.29) is 36.5 Å². The first-order valence-electron chi connectivity index (χ1n) is 28.6. The number of ether oxygens (including phenoxy) is 1. The molecular weight excluding hydrogens is 1100 g/mol. The summed E-state index contributed by atoms with van der Waals surface area (Å²) in [5, 5.41) is 105. The fourth-order valence-corrected chi connectivity index (χ4v) is 10.7. The average molecular weight is 1180 g/mol. The lowest BCUT2D eigenvalue weighted by Crippen LogP contribution is -2.64. The molecule has 3 heterocycles. The number of carbonyl (C=O) groups is 7. The van der Waals surface area contributed by atoms with Crippen molar-refractivity contribution in [2.75, 3.05) is 32.8 Å². The van der Waals surface area contributed by atoms with Crippen LogP contribution in [0.5, 0.6) is 11.5 Å². The van der Waals surface area contributed by atoms with E-state index in [1.807, 2.05) is 48.5 Å². The van der Waals surface area contributed by atoms with Gasteiger partial charge in [-0.05, 0) is 84.5 Å². The lowest BCUT2D eigenvalue weighted by molar-refractivity contribution is -0.148. The van der Waals surface area contributed by atoms with E-state index in [1.54, 1.807) is 12.1 Å². The molecule has 0 bridgehead atoms. The van der Waals surface area contributed by atoms with Crippen molar-refractivity contribution in [3.63, 3.8) is 0 Å². The first-order chi connectivity index (χ1) is 40.5. The number of amides is 7. The van der Waals surface area contributed by atoms with Crippen LogP contribution in [0, 0.1) is 5.92 Å². The summed E-state index contributed by atoms with van der Waals surface area (Å²) in [6.45, 7) is 5.51. The fourth-order valence-electron chi connectivity index (χ4n) is 10.7. The van der Waals surface area contributed by atoms with Gasteiger partial charge in [-0.25, -0.2) is 0 Å². The molecule has 0 radical (unpaired) electrons. The van der Waals surface area contributed by atoms with Gasteiger partial charge in [0, 0.05) is 50.5 Å². The van der Waals surface area contributed by atoms with Crippen molar-refractivity contribution in [2.24, 2.45) is 11.7 Å². The summed E-state index contributed by atoms with van der Waals surface area (Å²) in [6.07, 6.45) is -12.2. The number of phenols is 1. The third-order valence-corrected chi connectivity index (χ3v) is 15.6. The second kappa shape index (κ2) is 29.5. The highest BCUT2D eigenvalue weighted by Crippen LogP contribution is 2.30. The molecule has 3 aliphatic rings. The molecule has 15 unspecified atom stereocenters. The Hall–Kier alpha value is -7.59. The van der Waals surface area contributed by atoms with Gasteiger partial charge in [-0.1, -0.05) is 87.4 Å². The smallest absolute Gasteiger partial charge is 0.251 e. The Labute approximate surface area is 491 Å². The summed E-state index contributed by atoms with van der Waals surface area (Å²) in [4.78, 5) is 103. The Bertz CT molecular complexity index is 2940. The Morgan fingerprint density at radius 3 is 1.78 bits per heavy atom. The minimum atomic E-state index is -2.28. The van der Waals surface area contributed by atoms with Crippen LogP contribution in [0.4, 0.5) is 0 Å². The highest BCUT2D eigenvalue weighted by atomic mass is 16.5. The lowest BCUT2D eigenvalue weighted by atomic mass is 9.96. The van der Waals surface area contributed by atoms with Crippen molar-refractivity contribution in [3.8, 4) is 33.8 Å². The molecule has 0 aliphatic carbocycles. The Kier molecular flexibility index (Phi) is 22.5. The van der Waals surface area contributed by atoms with Crippen molar-refractivity contribution >= 4 is 41.4 Å². The van der Waals surface area contributed by atoms with Crippen molar-refractivity contribution in [3.05, 3.63) is 108 Å². The molecular formula is C60H79N9O16. The number of aliphatic hydroxyl groups excluding tert-OH is 7. The minimum Gasteiger partial charge on any atom is -0.508 e. The topological polar surface area (TPSA) is 395 Å². The van der Waals surface area contributed by atoms with Crippen LogP contribution in [0.3, 0.4) is 0 Å². The molecule has 3 fully saturated rings. The van der Waals surface area contributed by atoms with Crippen LogP contribution in [0.25, 0.3) is 22.3 Å². The Balaban J connectivity index is 1.21. The van der Waals surface area contributed by atoms with Crippen LogP contribution in [0.1, 0.15) is 81.8 Å². The van der Waals surface area contributed by atoms with Crippen molar-refractivity contribution in [1.82, 2.24) is 41.7 Å². The van der Waals surface area contributed by atoms with Gasteiger partial charge in [-0.2, -0.15) is 0 Å². The Morgan fingerprint density at radius 1 is 0.671 bits per heavy atom. The van der Waals surface area contributed by atoms with E-state index < -0.39 is 152 Å². The van der Waals surface area contributed by atoms with Gasteiger partial charge >= 0.3 is 0 Å². The van der Waals surface area contributed by atoms with Gasteiger partial charge in [0.05, 0.1) is 37.1 Å². The molecule has 7 amide bonds. The monoisotopic (exact) mass is 1180 g/mol. The number of benzene rings is 4. The number of carbonyl (C=O) groups excluding carboxylic acids is 7. The van der Waals surface area contributed by atoms with E-state index in [1.165, 1.54) is 43.3 Å². The van der Waals surface area contributed by atoms with Crippen molar-refractivity contribution < 1.29 is 79.2 Å². The molecule has 3 saturated heterocycles. The van der Waals surface area contributed by atoms with E-state index >= 15 is 0 Å². The van der Waals surface area contributed by atoms with Gasteiger partial charge in [-0.15, -0.1) is 0 Å². The van der Waals surface area contributed by atoms with Gasteiger partial charge in [0.2, 0.25) is 35.4 Å². The molecule has 16 N–H and O–H groups in total. The number of aromatic hydroxyl groups is 1. The van der Waals surface area contributed by atoms with E-state index in [2.05, 4.69) is 38.8 Å². The maximum absolute atomic E-state index is 14.7. The van der Waals surface area contributed by atoms with Gasteiger partial charge in [0.15, 0.2) is 0 Å². The van der Waals surface area contributed by atoms with Crippen LogP contribution in [0.2, 0.25) is 0 Å². The average Bonchev–Trinajstić information content (AvgIpc) is 3.51. The maximum atomic E-state index is 14.7. The van der Waals surface area contributed by atoms with Crippen LogP contribution >= 0.6 is 0 Å². The van der Waals surface area contributed by atoms with Gasteiger partial charge in [0.25, 0.3) is 5.91 Å². The van der Waals surface area contributed by atoms with Crippen molar-refractivity contribution in [2.45, 2.75) is 145 Å². The fraction of sp³-hybridized carbons (Fsp3) is 0.483. The van der Waals surface area contributed by atoms with Gasteiger partial charge < -0.3 is 87.7 Å². The largest absolute Gasteiger partial charge is 0.508 e. The molecule has 460 valence electrons. The van der Waals surface area contributed by atoms with E-state index in [4.69, 9.17) is 10.5 Å². The minimum absolute atomic E-state index is 0.0489. The quantitative estimate of drug-likeness (QED) is 0.0542. The van der Waals surface area contributed by atoms with Crippen LogP contribution in [-0.4, -0.2) is 204 Å². The molecule has 0 aromatic heterocycles. The van der Waals surface area contributed by atoms with E-state index in [0.29, 0.717) is 6.61 Å². The summed E-state index contributed by atoms with van der Waals surface area (Å²) in [5.74, 6) is -8.19. The third-order valence-electron chi connectivity index (χ3n) is 15.6. The van der Waals surface area contributed by atoms with Gasteiger partial charge in [0.1, 0.15) is 66.1 Å².